The lowest BCUT2D eigenvalue weighted by atomic mass is 10.1. The molecule has 2 heterocycles. The van der Waals surface area contributed by atoms with Crippen molar-refractivity contribution in [3.63, 3.8) is 0 Å². The lowest BCUT2D eigenvalue weighted by Gasteiger charge is -2.13. The molecule has 0 spiro atoms. The molecular formula is C20H21F3N4O4. The van der Waals surface area contributed by atoms with Gasteiger partial charge in [0.25, 0.3) is 5.91 Å². The number of nitrogens with zero attached hydrogens (tertiary/aromatic N) is 4. The molecule has 0 aliphatic heterocycles. The van der Waals surface area contributed by atoms with Crippen molar-refractivity contribution >= 4 is 5.91 Å². The van der Waals surface area contributed by atoms with Crippen molar-refractivity contribution in [2.45, 2.75) is 32.9 Å². The second kappa shape index (κ2) is 8.78. The van der Waals surface area contributed by atoms with Crippen LogP contribution in [0.5, 0.6) is 5.75 Å². The van der Waals surface area contributed by atoms with Crippen molar-refractivity contribution in [1.82, 2.24) is 20.2 Å². The number of alkyl halides is 3. The van der Waals surface area contributed by atoms with Gasteiger partial charge in [-0.3, -0.25) is 4.79 Å². The van der Waals surface area contributed by atoms with E-state index in [1.807, 2.05) is 0 Å². The molecule has 0 aliphatic carbocycles. The molecule has 0 unspecified atom stereocenters. The summed E-state index contributed by atoms with van der Waals surface area (Å²) < 4.78 is 53.3. The van der Waals surface area contributed by atoms with Gasteiger partial charge in [-0.1, -0.05) is 10.3 Å². The van der Waals surface area contributed by atoms with E-state index in [4.69, 9.17) is 9.26 Å². The van der Waals surface area contributed by atoms with Gasteiger partial charge in [-0.2, -0.15) is 18.2 Å². The second-order valence-corrected chi connectivity index (χ2v) is 7.19. The molecule has 166 valence electrons. The maximum Gasteiger partial charge on any atom is 0.471 e. The average Bonchev–Trinajstić information content (AvgIpc) is 3.35. The van der Waals surface area contributed by atoms with Gasteiger partial charge in [-0.05, 0) is 43.5 Å². The topological polar surface area (TPSA) is 94.5 Å². The van der Waals surface area contributed by atoms with E-state index < -0.39 is 12.1 Å². The number of hydrogen-bond donors (Lipinski definition) is 0. The molecule has 0 saturated carbocycles. The first-order valence-electron chi connectivity index (χ1n) is 9.39. The highest BCUT2D eigenvalue weighted by molar-refractivity contribution is 5.91. The minimum atomic E-state index is -4.69. The molecule has 0 fully saturated rings. The van der Waals surface area contributed by atoms with E-state index in [0.717, 1.165) is 11.1 Å². The van der Waals surface area contributed by atoms with Gasteiger partial charge < -0.3 is 18.7 Å². The fraction of sp³-hybridized carbons (Fsp3) is 0.400. The Morgan fingerprint density at radius 3 is 2.35 bits per heavy atom. The number of carbonyl (C=O) groups is 1. The number of ether oxygens (including phenoxy) is 1. The average molecular weight is 438 g/mol. The van der Waals surface area contributed by atoms with E-state index in [0.29, 0.717) is 36.5 Å². The van der Waals surface area contributed by atoms with Crippen molar-refractivity contribution in [2.24, 2.45) is 0 Å². The number of benzene rings is 1. The predicted molar refractivity (Wildman–Crippen MR) is 103 cm³/mol. The Kier molecular flexibility index (Phi) is 6.32. The third-order valence-corrected chi connectivity index (χ3v) is 4.39. The summed E-state index contributed by atoms with van der Waals surface area (Å²) in [6.45, 7) is 3.94. The minimum absolute atomic E-state index is 0.140. The lowest BCUT2D eigenvalue weighted by Crippen LogP contribution is -2.21. The van der Waals surface area contributed by atoms with Crippen LogP contribution in [0.4, 0.5) is 13.2 Å². The first-order valence-corrected chi connectivity index (χ1v) is 9.39. The summed E-state index contributed by atoms with van der Waals surface area (Å²) in [5.41, 5.74) is 2.11. The van der Waals surface area contributed by atoms with Gasteiger partial charge in [0.2, 0.25) is 5.82 Å². The summed E-state index contributed by atoms with van der Waals surface area (Å²) in [5.74, 6) is -0.555. The number of hydrogen-bond acceptors (Lipinski definition) is 7. The van der Waals surface area contributed by atoms with Gasteiger partial charge in [0.05, 0.1) is 6.61 Å². The van der Waals surface area contributed by atoms with Crippen molar-refractivity contribution in [3.8, 4) is 17.1 Å². The standard InChI is InChI=1S/C20H21F3N4O4/c1-11-8-13(17-24-19(31-26-17)20(21,22)23)9-12(2)16(11)29-7-5-6-14-10-15(25-30-14)18(28)27(3)4/h8-10H,5-7H2,1-4H3. The van der Waals surface area contributed by atoms with Crippen LogP contribution < -0.4 is 4.74 Å². The number of aromatic nitrogens is 3. The lowest BCUT2D eigenvalue weighted by molar-refractivity contribution is -0.159. The van der Waals surface area contributed by atoms with Crippen LogP contribution in [0.15, 0.2) is 27.2 Å². The van der Waals surface area contributed by atoms with Gasteiger partial charge in [0.1, 0.15) is 11.5 Å². The summed E-state index contributed by atoms with van der Waals surface area (Å²) in [6, 6.07) is 4.89. The Balaban J connectivity index is 1.60. The van der Waals surface area contributed by atoms with E-state index in [2.05, 4.69) is 19.8 Å². The van der Waals surface area contributed by atoms with E-state index in [1.165, 1.54) is 4.90 Å². The zero-order valence-corrected chi connectivity index (χ0v) is 17.4. The molecule has 3 aromatic rings. The van der Waals surface area contributed by atoms with Crippen molar-refractivity contribution < 1.29 is 31.7 Å². The first kappa shape index (κ1) is 22.3. The summed E-state index contributed by atoms with van der Waals surface area (Å²) in [4.78, 5) is 16.7. The molecule has 0 N–H and O–H groups in total. The number of carbonyl (C=O) groups excluding carboxylic acids is 1. The van der Waals surface area contributed by atoms with Gasteiger partial charge in [-0.25, -0.2) is 0 Å². The Labute approximate surface area is 176 Å². The predicted octanol–water partition coefficient (Wildman–Crippen LogP) is 4.07. The van der Waals surface area contributed by atoms with Gasteiger partial charge in [0, 0.05) is 32.1 Å². The van der Waals surface area contributed by atoms with Crippen molar-refractivity contribution in [3.05, 3.63) is 46.7 Å². The number of aryl methyl sites for hydroxylation is 3. The first-order chi connectivity index (χ1) is 14.6. The monoisotopic (exact) mass is 438 g/mol. The maximum atomic E-state index is 12.7. The molecule has 0 aliphatic rings. The summed E-state index contributed by atoms with van der Waals surface area (Å²) >= 11 is 0. The fourth-order valence-corrected chi connectivity index (χ4v) is 2.94. The molecule has 31 heavy (non-hydrogen) atoms. The molecule has 8 nitrogen and oxygen atoms in total. The van der Waals surface area contributed by atoms with E-state index in [1.54, 1.807) is 46.1 Å². The minimum Gasteiger partial charge on any atom is -0.493 e. The Bertz CT molecular complexity index is 1050. The van der Waals surface area contributed by atoms with Gasteiger partial charge >= 0.3 is 12.1 Å². The SMILES string of the molecule is Cc1cc(-c2noc(C(F)(F)F)n2)cc(C)c1OCCCc1cc(C(=O)N(C)C)no1. The number of rotatable bonds is 7. The molecule has 1 amide bonds. The zero-order chi connectivity index (χ0) is 22.8. The van der Waals surface area contributed by atoms with Crippen LogP contribution in [0.1, 0.15) is 39.7 Å². The largest absolute Gasteiger partial charge is 0.493 e. The Morgan fingerprint density at radius 2 is 1.77 bits per heavy atom. The van der Waals surface area contributed by atoms with Crippen LogP contribution in [0.2, 0.25) is 0 Å². The second-order valence-electron chi connectivity index (χ2n) is 7.19. The highest BCUT2D eigenvalue weighted by Gasteiger charge is 2.38. The van der Waals surface area contributed by atoms with Crippen LogP contribution >= 0.6 is 0 Å². The van der Waals surface area contributed by atoms with Crippen LogP contribution in [-0.2, 0) is 12.6 Å². The van der Waals surface area contributed by atoms with E-state index in [9.17, 15) is 18.0 Å². The molecule has 0 bridgehead atoms. The summed E-state index contributed by atoms with van der Waals surface area (Å²) in [6.07, 6.45) is -3.54. The summed E-state index contributed by atoms with van der Waals surface area (Å²) in [7, 11) is 3.27. The van der Waals surface area contributed by atoms with E-state index >= 15 is 0 Å². The smallest absolute Gasteiger partial charge is 0.471 e. The van der Waals surface area contributed by atoms with Gasteiger partial charge in [-0.15, -0.1) is 0 Å². The third-order valence-electron chi connectivity index (χ3n) is 4.39. The molecule has 3 rings (SSSR count). The van der Waals surface area contributed by atoms with Gasteiger partial charge in [0.15, 0.2) is 5.69 Å². The zero-order valence-electron chi connectivity index (χ0n) is 17.4. The highest BCUT2D eigenvalue weighted by atomic mass is 19.4. The van der Waals surface area contributed by atoms with Crippen LogP contribution in [0, 0.1) is 13.8 Å². The number of halogens is 3. The fourth-order valence-electron chi connectivity index (χ4n) is 2.94. The third kappa shape index (κ3) is 5.22. The van der Waals surface area contributed by atoms with E-state index in [-0.39, 0.29) is 17.4 Å². The summed E-state index contributed by atoms with van der Waals surface area (Å²) in [5, 5.41) is 7.17. The molecule has 1 aromatic carbocycles. The Morgan fingerprint density at radius 1 is 1.10 bits per heavy atom. The van der Waals surface area contributed by atoms with Crippen molar-refractivity contribution in [2.75, 3.05) is 20.7 Å². The number of amides is 1. The highest BCUT2D eigenvalue weighted by Crippen LogP contribution is 2.32. The van der Waals surface area contributed by atoms with Crippen LogP contribution in [-0.4, -0.2) is 46.8 Å². The molecule has 2 aromatic heterocycles. The normalized spacial score (nSPS) is 11.6. The maximum absolute atomic E-state index is 12.7. The van der Waals surface area contributed by atoms with Crippen LogP contribution in [0.25, 0.3) is 11.4 Å². The van der Waals surface area contributed by atoms with Crippen LogP contribution in [0.3, 0.4) is 0 Å². The van der Waals surface area contributed by atoms with Crippen molar-refractivity contribution in [1.29, 1.82) is 0 Å². The molecule has 0 atom stereocenters. The molecular weight excluding hydrogens is 417 g/mol. The Hall–Kier alpha value is -3.37. The quantitative estimate of drug-likeness (QED) is 0.513. The molecule has 0 radical (unpaired) electrons. The molecule has 11 heteroatoms. The molecule has 0 saturated heterocycles.